The zero-order chi connectivity index (χ0) is 13.1. The van der Waals surface area contributed by atoms with E-state index in [1.54, 1.807) is 6.92 Å². The van der Waals surface area contributed by atoms with Gasteiger partial charge in [0.05, 0.1) is 6.42 Å². The fourth-order valence-electron chi connectivity index (χ4n) is 1.72. The number of aliphatic carboxylic acids is 1. The Morgan fingerprint density at radius 2 is 2.00 bits per heavy atom. The molecule has 1 aliphatic heterocycles. The Balaban J connectivity index is 2.33. The summed E-state index contributed by atoms with van der Waals surface area (Å²) in [5, 5.41) is 8.59. The molecule has 0 unspecified atom stereocenters. The highest BCUT2D eigenvalue weighted by Crippen LogP contribution is 2.34. The van der Waals surface area contributed by atoms with Crippen molar-refractivity contribution in [3.05, 3.63) is 29.6 Å². The summed E-state index contributed by atoms with van der Waals surface area (Å²) in [5.74, 6) is -0.528. The lowest BCUT2D eigenvalue weighted by atomic mass is 10.0. The van der Waals surface area contributed by atoms with E-state index in [-0.39, 0.29) is 6.42 Å². The Labute approximate surface area is 104 Å². The van der Waals surface area contributed by atoms with Crippen LogP contribution in [0.4, 0.5) is 4.39 Å². The molecule has 1 heterocycles. The van der Waals surface area contributed by atoms with Crippen LogP contribution in [0.25, 0.3) is 5.57 Å². The molecule has 1 aliphatic rings. The number of hydrogen-bond acceptors (Lipinski definition) is 3. The second kappa shape index (κ2) is 5.08. The fourth-order valence-corrected chi connectivity index (χ4v) is 1.72. The van der Waals surface area contributed by atoms with E-state index in [0.717, 1.165) is 0 Å². The van der Waals surface area contributed by atoms with Gasteiger partial charge in [0.2, 0.25) is 0 Å². The molecule has 0 radical (unpaired) electrons. The van der Waals surface area contributed by atoms with E-state index in [9.17, 15) is 9.18 Å². The summed E-state index contributed by atoms with van der Waals surface area (Å²) in [6.07, 6.45) is 1.33. The Hall–Kier alpha value is -2.04. The molecule has 2 rings (SSSR count). The maximum absolute atomic E-state index is 13.8. The Kier molecular flexibility index (Phi) is 3.50. The molecule has 0 amide bonds. The summed E-state index contributed by atoms with van der Waals surface area (Å²) in [7, 11) is 0. The van der Waals surface area contributed by atoms with Crippen LogP contribution >= 0.6 is 0 Å². The number of allylic oxidation sites excluding steroid dienone is 1. The van der Waals surface area contributed by atoms with E-state index in [2.05, 4.69) is 0 Å². The van der Waals surface area contributed by atoms with Gasteiger partial charge in [-0.25, -0.2) is 4.39 Å². The quantitative estimate of drug-likeness (QED) is 0.897. The fraction of sp³-hybridized carbons (Fsp3) is 0.308. The molecule has 0 spiro atoms. The summed E-state index contributed by atoms with van der Waals surface area (Å²) < 4.78 is 24.4. The molecule has 18 heavy (non-hydrogen) atoms. The van der Waals surface area contributed by atoms with Crippen molar-refractivity contribution in [1.29, 1.82) is 0 Å². The van der Waals surface area contributed by atoms with Gasteiger partial charge in [-0.2, -0.15) is 0 Å². The van der Waals surface area contributed by atoms with Crippen LogP contribution in [-0.4, -0.2) is 24.3 Å². The molecule has 0 saturated carbocycles. The standard InChI is InChI=1S/C13H13FO4/c1-8(2-3-13(15)16)9-6-11-12(7-10(9)14)18-5-4-17-11/h2,6-7H,3-5H2,1H3,(H,15,16)/b8-2+. The normalized spacial score (nSPS) is 14.4. The summed E-state index contributed by atoms with van der Waals surface area (Å²) in [4.78, 5) is 10.5. The average Bonchev–Trinajstić information content (AvgIpc) is 2.35. The summed E-state index contributed by atoms with van der Waals surface area (Å²) in [5.41, 5.74) is 0.896. The SMILES string of the molecule is C/C(=C\CC(=O)O)c1cc2c(cc1F)OCCO2. The molecule has 0 fully saturated rings. The lowest BCUT2D eigenvalue weighted by Crippen LogP contribution is -2.15. The van der Waals surface area contributed by atoms with Gasteiger partial charge >= 0.3 is 5.97 Å². The van der Waals surface area contributed by atoms with Crippen LogP contribution in [0, 0.1) is 5.82 Å². The average molecular weight is 252 g/mol. The number of carboxylic acid groups (broad SMARTS) is 1. The van der Waals surface area contributed by atoms with Crippen LogP contribution < -0.4 is 9.47 Å². The maximum Gasteiger partial charge on any atom is 0.307 e. The van der Waals surface area contributed by atoms with Gasteiger partial charge in [0.15, 0.2) is 11.5 Å². The third-order valence-corrected chi connectivity index (χ3v) is 2.64. The van der Waals surface area contributed by atoms with E-state index in [4.69, 9.17) is 14.6 Å². The van der Waals surface area contributed by atoms with Gasteiger partial charge in [0.25, 0.3) is 0 Å². The molecule has 0 aliphatic carbocycles. The first-order valence-electron chi connectivity index (χ1n) is 5.56. The molecule has 0 bridgehead atoms. The Bertz CT molecular complexity index is 508. The van der Waals surface area contributed by atoms with Gasteiger partial charge < -0.3 is 14.6 Å². The topological polar surface area (TPSA) is 55.8 Å². The van der Waals surface area contributed by atoms with Crippen LogP contribution in [0.15, 0.2) is 18.2 Å². The van der Waals surface area contributed by atoms with Gasteiger partial charge in [-0.05, 0) is 18.6 Å². The lowest BCUT2D eigenvalue weighted by molar-refractivity contribution is -0.135. The third-order valence-electron chi connectivity index (χ3n) is 2.64. The van der Waals surface area contributed by atoms with Gasteiger partial charge in [0, 0.05) is 11.6 Å². The van der Waals surface area contributed by atoms with Crippen molar-refractivity contribution in [1.82, 2.24) is 0 Å². The molecule has 1 aromatic carbocycles. The highest BCUT2D eigenvalue weighted by atomic mass is 19.1. The number of hydrogen-bond donors (Lipinski definition) is 1. The number of carboxylic acids is 1. The minimum absolute atomic E-state index is 0.139. The van der Waals surface area contributed by atoms with Gasteiger partial charge in [-0.15, -0.1) is 0 Å². The molecular formula is C13H13FO4. The van der Waals surface area contributed by atoms with Gasteiger partial charge in [0.1, 0.15) is 19.0 Å². The monoisotopic (exact) mass is 252 g/mol. The van der Waals surface area contributed by atoms with Gasteiger partial charge in [-0.1, -0.05) is 6.08 Å². The van der Waals surface area contributed by atoms with Crippen molar-refractivity contribution in [3.63, 3.8) is 0 Å². The zero-order valence-corrected chi connectivity index (χ0v) is 9.90. The van der Waals surface area contributed by atoms with Crippen molar-refractivity contribution >= 4 is 11.5 Å². The molecular weight excluding hydrogens is 239 g/mol. The van der Waals surface area contributed by atoms with E-state index in [1.807, 2.05) is 0 Å². The molecule has 1 aromatic rings. The van der Waals surface area contributed by atoms with Crippen LogP contribution in [0.5, 0.6) is 11.5 Å². The minimum Gasteiger partial charge on any atom is -0.486 e. The second-order valence-electron chi connectivity index (χ2n) is 3.96. The van der Waals surface area contributed by atoms with E-state index in [0.29, 0.717) is 35.8 Å². The first-order valence-corrected chi connectivity index (χ1v) is 5.56. The van der Waals surface area contributed by atoms with E-state index in [1.165, 1.54) is 18.2 Å². The highest BCUT2D eigenvalue weighted by molar-refractivity contribution is 5.74. The lowest BCUT2D eigenvalue weighted by Gasteiger charge is -2.19. The third kappa shape index (κ3) is 2.61. The molecule has 0 aromatic heterocycles. The Morgan fingerprint density at radius 1 is 1.39 bits per heavy atom. The van der Waals surface area contributed by atoms with Crippen molar-refractivity contribution in [2.45, 2.75) is 13.3 Å². The molecule has 0 saturated heterocycles. The predicted molar refractivity (Wildman–Crippen MR) is 63.3 cm³/mol. The van der Waals surface area contributed by atoms with Crippen LogP contribution in [0.1, 0.15) is 18.9 Å². The van der Waals surface area contributed by atoms with Crippen molar-refractivity contribution in [2.75, 3.05) is 13.2 Å². The smallest absolute Gasteiger partial charge is 0.307 e. The molecule has 4 nitrogen and oxygen atoms in total. The van der Waals surface area contributed by atoms with E-state index >= 15 is 0 Å². The first-order chi connectivity index (χ1) is 8.58. The van der Waals surface area contributed by atoms with Crippen molar-refractivity contribution < 1.29 is 23.8 Å². The second-order valence-corrected chi connectivity index (χ2v) is 3.96. The van der Waals surface area contributed by atoms with Crippen molar-refractivity contribution in [3.8, 4) is 11.5 Å². The maximum atomic E-state index is 13.8. The van der Waals surface area contributed by atoms with Crippen LogP contribution in [-0.2, 0) is 4.79 Å². The Morgan fingerprint density at radius 3 is 2.61 bits per heavy atom. The number of benzene rings is 1. The number of halogens is 1. The number of ether oxygens (including phenoxy) is 2. The van der Waals surface area contributed by atoms with Crippen molar-refractivity contribution in [2.24, 2.45) is 0 Å². The van der Waals surface area contributed by atoms with Crippen LogP contribution in [0.2, 0.25) is 0 Å². The molecule has 0 atom stereocenters. The highest BCUT2D eigenvalue weighted by Gasteiger charge is 2.16. The largest absolute Gasteiger partial charge is 0.486 e. The summed E-state index contributed by atoms with van der Waals surface area (Å²) in [6.45, 7) is 2.49. The molecule has 1 N–H and O–H groups in total. The minimum atomic E-state index is -0.952. The summed E-state index contributed by atoms with van der Waals surface area (Å²) >= 11 is 0. The first kappa shape index (κ1) is 12.4. The van der Waals surface area contributed by atoms with E-state index < -0.39 is 11.8 Å². The van der Waals surface area contributed by atoms with Gasteiger partial charge in [-0.3, -0.25) is 4.79 Å². The number of rotatable bonds is 3. The number of fused-ring (bicyclic) bond motifs is 1. The number of carbonyl (C=O) groups is 1. The van der Waals surface area contributed by atoms with Crippen LogP contribution in [0.3, 0.4) is 0 Å². The zero-order valence-electron chi connectivity index (χ0n) is 9.90. The molecule has 96 valence electrons. The predicted octanol–water partition coefficient (Wildman–Crippen LogP) is 2.47. The summed E-state index contributed by atoms with van der Waals surface area (Å²) in [6, 6.07) is 2.81. The molecule has 5 heteroatoms.